The van der Waals surface area contributed by atoms with Crippen molar-refractivity contribution in [2.45, 2.75) is 6.92 Å². The number of hydrogen-bond acceptors (Lipinski definition) is 2. The Kier molecular flexibility index (Phi) is 3.17. The number of benzene rings is 2. The Morgan fingerprint density at radius 3 is 2.45 bits per heavy atom. The van der Waals surface area contributed by atoms with Gasteiger partial charge in [0.1, 0.15) is 0 Å². The highest BCUT2D eigenvalue weighted by molar-refractivity contribution is 6.08. The Morgan fingerprint density at radius 2 is 1.70 bits per heavy atom. The van der Waals surface area contributed by atoms with Crippen LogP contribution in [-0.4, -0.2) is 15.3 Å². The second kappa shape index (κ2) is 5.13. The molecular weight excluding hydrogens is 248 g/mol. The minimum atomic E-state index is -0.0584. The van der Waals surface area contributed by atoms with Gasteiger partial charge in [-0.05, 0) is 24.6 Å². The number of nitrogens with zero attached hydrogens (tertiary/aromatic N) is 2. The van der Waals surface area contributed by atoms with Gasteiger partial charge in [0.2, 0.25) is 5.78 Å². The molecule has 2 aromatic carbocycles. The maximum atomic E-state index is 12.6. The predicted octanol–water partition coefficient (Wildman–Crippen LogP) is 3.41. The van der Waals surface area contributed by atoms with Gasteiger partial charge in [-0.3, -0.25) is 9.36 Å². The van der Waals surface area contributed by atoms with Crippen molar-refractivity contribution < 1.29 is 4.79 Å². The van der Waals surface area contributed by atoms with Gasteiger partial charge >= 0.3 is 0 Å². The zero-order valence-corrected chi connectivity index (χ0v) is 11.2. The number of para-hydroxylation sites is 1. The molecule has 0 aliphatic rings. The Bertz CT molecular complexity index is 744. The van der Waals surface area contributed by atoms with Crippen LogP contribution in [0.5, 0.6) is 0 Å². The normalized spacial score (nSPS) is 10.4. The highest BCUT2D eigenvalue weighted by Gasteiger charge is 2.17. The van der Waals surface area contributed by atoms with Gasteiger partial charge in [0.15, 0.2) is 5.82 Å². The lowest BCUT2D eigenvalue weighted by molar-refractivity contribution is 0.102. The van der Waals surface area contributed by atoms with Crippen LogP contribution < -0.4 is 0 Å². The van der Waals surface area contributed by atoms with Gasteiger partial charge in [-0.15, -0.1) is 0 Å². The lowest BCUT2D eigenvalue weighted by Crippen LogP contribution is -2.11. The van der Waals surface area contributed by atoms with Crippen LogP contribution in [0.1, 0.15) is 21.7 Å². The van der Waals surface area contributed by atoms with Gasteiger partial charge in [0.05, 0.1) is 0 Å². The van der Waals surface area contributed by atoms with E-state index in [0.29, 0.717) is 11.4 Å². The molecule has 20 heavy (non-hydrogen) atoms. The summed E-state index contributed by atoms with van der Waals surface area (Å²) in [7, 11) is 0. The quantitative estimate of drug-likeness (QED) is 0.678. The average Bonchev–Trinajstić information content (AvgIpc) is 2.97. The van der Waals surface area contributed by atoms with E-state index in [0.717, 1.165) is 11.3 Å². The van der Waals surface area contributed by atoms with Gasteiger partial charge in [0.25, 0.3) is 0 Å². The summed E-state index contributed by atoms with van der Waals surface area (Å²) < 4.78 is 1.81. The van der Waals surface area contributed by atoms with Crippen molar-refractivity contribution in [3.05, 3.63) is 83.9 Å². The summed E-state index contributed by atoms with van der Waals surface area (Å²) in [5.74, 6) is 0.377. The first-order chi connectivity index (χ1) is 9.77. The molecule has 0 saturated carbocycles. The number of ketones is 1. The Labute approximate surface area is 117 Å². The molecule has 0 radical (unpaired) electrons. The summed E-state index contributed by atoms with van der Waals surface area (Å²) in [5, 5.41) is 0. The lowest BCUT2D eigenvalue weighted by atomic mass is 10.0. The lowest BCUT2D eigenvalue weighted by Gasteiger charge is -2.08. The van der Waals surface area contributed by atoms with Crippen molar-refractivity contribution in [1.82, 2.24) is 9.55 Å². The van der Waals surface area contributed by atoms with E-state index in [4.69, 9.17) is 0 Å². The maximum absolute atomic E-state index is 12.6. The summed E-state index contributed by atoms with van der Waals surface area (Å²) in [6.07, 6.45) is 3.46. The zero-order chi connectivity index (χ0) is 13.9. The number of hydrogen-bond donors (Lipinski definition) is 0. The van der Waals surface area contributed by atoms with E-state index in [-0.39, 0.29) is 5.78 Å². The van der Waals surface area contributed by atoms with E-state index in [9.17, 15) is 4.79 Å². The van der Waals surface area contributed by atoms with Gasteiger partial charge < -0.3 is 0 Å². The van der Waals surface area contributed by atoms with Crippen molar-refractivity contribution in [1.29, 1.82) is 0 Å². The van der Waals surface area contributed by atoms with Crippen molar-refractivity contribution >= 4 is 5.78 Å². The smallest absolute Gasteiger partial charge is 0.229 e. The molecule has 0 bridgehead atoms. The Balaban J connectivity index is 2.07. The molecule has 0 unspecified atom stereocenters. The van der Waals surface area contributed by atoms with Crippen LogP contribution >= 0.6 is 0 Å². The molecule has 0 atom stereocenters. The predicted molar refractivity (Wildman–Crippen MR) is 78.2 cm³/mol. The summed E-state index contributed by atoms with van der Waals surface area (Å²) in [5.41, 5.74) is 2.58. The molecule has 0 spiro atoms. The summed E-state index contributed by atoms with van der Waals surface area (Å²) in [6, 6.07) is 17.3. The van der Waals surface area contributed by atoms with E-state index >= 15 is 0 Å². The van der Waals surface area contributed by atoms with Crippen LogP contribution in [-0.2, 0) is 0 Å². The largest absolute Gasteiger partial charge is 0.297 e. The van der Waals surface area contributed by atoms with Gasteiger partial charge in [-0.2, -0.15) is 0 Å². The molecule has 0 aliphatic heterocycles. The minimum Gasteiger partial charge on any atom is -0.297 e. The second-order valence-corrected chi connectivity index (χ2v) is 4.60. The number of aromatic nitrogens is 2. The molecule has 0 fully saturated rings. The van der Waals surface area contributed by atoms with Crippen LogP contribution in [0.15, 0.2) is 67.0 Å². The van der Waals surface area contributed by atoms with E-state index in [1.54, 1.807) is 12.4 Å². The molecule has 98 valence electrons. The third-order valence-corrected chi connectivity index (χ3v) is 3.27. The highest BCUT2D eigenvalue weighted by atomic mass is 16.1. The third kappa shape index (κ3) is 2.14. The van der Waals surface area contributed by atoms with Crippen LogP contribution in [0, 0.1) is 6.92 Å². The second-order valence-electron chi connectivity index (χ2n) is 4.60. The first-order valence-corrected chi connectivity index (χ1v) is 6.46. The molecule has 0 N–H and O–H groups in total. The molecule has 0 aliphatic carbocycles. The van der Waals surface area contributed by atoms with Gasteiger partial charge in [0, 0.05) is 23.6 Å². The molecule has 1 heterocycles. The van der Waals surface area contributed by atoms with Gasteiger partial charge in [-0.25, -0.2) is 4.98 Å². The number of carbonyl (C=O) groups is 1. The number of aryl methyl sites for hydroxylation is 1. The number of carbonyl (C=O) groups excluding carboxylic acids is 1. The fourth-order valence-corrected chi connectivity index (χ4v) is 2.22. The number of rotatable bonds is 3. The van der Waals surface area contributed by atoms with Gasteiger partial charge in [-0.1, -0.05) is 42.5 Å². The minimum absolute atomic E-state index is 0.0584. The molecule has 0 saturated heterocycles. The van der Waals surface area contributed by atoms with Crippen molar-refractivity contribution in [2.24, 2.45) is 0 Å². The van der Waals surface area contributed by atoms with E-state index < -0.39 is 0 Å². The SMILES string of the molecule is Cc1ccccc1C(=O)c1nccn1-c1ccccc1. The standard InChI is InChI=1S/C17H14N2O/c1-13-7-5-6-10-15(13)16(20)17-18-11-12-19(17)14-8-3-2-4-9-14/h2-12H,1H3. The monoisotopic (exact) mass is 262 g/mol. The molecular formula is C17H14N2O. The van der Waals surface area contributed by atoms with E-state index in [2.05, 4.69) is 4.98 Å². The molecule has 3 rings (SSSR count). The summed E-state index contributed by atoms with van der Waals surface area (Å²) in [6.45, 7) is 1.93. The summed E-state index contributed by atoms with van der Waals surface area (Å²) >= 11 is 0. The van der Waals surface area contributed by atoms with Crippen LogP contribution in [0.2, 0.25) is 0 Å². The molecule has 3 aromatic rings. The fraction of sp³-hybridized carbons (Fsp3) is 0.0588. The maximum Gasteiger partial charge on any atom is 0.229 e. The van der Waals surface area contributed by atoms with Crippen LogP contribution in [0.25, 0.3) is 5.69 Å². The molecule has 3 heteroatoms. The fourth-order valence-electron chi connectivity index (χ4n) is 2.22. The van der Waals surface area contributed by atoms with Crippen molar-refractivity contribution in [2.75, 3.05) is 0 Å². The van der Waals surface area contributed by atoms with Crippen LogP contribution in [0.4, 0.5) is 0 Å². The van der Waals surface area contributed by atoms with Crippen molar-refractivity contribution in [3.8, 4) is 5.69 Å². The third-order valence-electron chi connectivity index (χ3n) is 3.27. The first-order valence-electron chi connectivity index (χ1n) is 6.46. The molecule has 0 amide bonds. The van der Waals surface area contributed by atoms with E-state index in [1.807, 2.05) is 66.1 Å². The molecule has 1 aromatic heterocycles. The van der Waals surface area contributed by atoms with Crippen LogP contribution in [0.3, 0.4) is 0 Å². The van der Waals surface area contributed by atoms with E-state index in [1.165, 1.54) is 0 Å². The highest BCUT2D eigenvalue weighted by Crippen LogP contribution is 2.16. The zero-order valence-electron chi connectivity index (χ0n) is 11.2. The molecule has 3 nitrogen and oxygen atoms in total. The topological polar surface area (TPSA) is 34.9 Å². The summed E-state index contributed by atoms with van der Waals surface area (Å²) in [4.78, 5) is 16.9. The van der Waals surface area contributed by atoms with Crippen molar-refractivity contribution in [3.63, 3.8) is 0 Å². The number of imidazole rings is 1. The Morgan fingerprint density at radius 1 is 1.00 bits per heavy atom. The average molecular weight is 262 g/mol. The Hall–Kier alpha value is -2.68. The first kappa shape index (κ1) is 12.4.